The molecule has 0 saturated heterocycles. The number of fused-ring (bicyclic) bond motifs is 5. The second kappa shape index (κ2) is 6.63. The zero-order valence-corrected chi connectivity index (χ0v) is 17.9. The van der Waals surface area contributed by atoms with Gasteiger partial charge in [0.05, 0.1) is 23.5 Å². The molecule has 0 spiro atoms. The van der Waals surface area contributed by atoms with Crippen molar-refractivity contribution in [1.82, 2.24) is 0 Å². The van der Waals surface area contributed by atoms with E-state index in [4.69, 9.17) is 0 Å². The van der Waals surface area contributed by atoms with E-state index in [-0.39, 0.29) is 29.0 Å². The number of aliphatic hydroxyl groups excluding tert-OH is 1. The highest BCUT2D eigenvalue weighted by Gasteiger charge is 2.71. The molecule has 6 unspecified atom stereocenters. The molecular weight excluding hydrogens is 382 g/mol. The van der Waals surface area contributed by atoms with Gasteiger partial charge in [-0.2, -0.15) is 0 Å². The van der Waals surface area contributed by atoms with Crippen LogP contribution in [0.1, 0.15) is 77.6 Å². The first kappa shape index (κ1) is 20.7. The number of carbonyl (C=O) groups is 1. The first-order valence-electron chi connectivity index (χ1n) is 11.7. The Balaban J connectivity index is 1.53. The highest BCUT2D eigenvalue weighted by Crippen LogP contribution is 2.70. The number of hydrogen-bond acceptors (Lipinski definition) is 6. The van der Waals surface area contributed by atoms with Crippen LogP contribution in [0.4, 0.5) is 0 Å². The number of rotatable bonds is 2. The van der Waals surface area contributed by atoms with Crippen molar-refractivity contribution in [2.45, 2.75) is 94.9 Å². The molecule has 0 aromatic heterocycles. The van der Waals surface area contributed by atoms with Gasteiger partial charge in [0.25, 0.3) is 0 Å². The molecule has 30 heavy (non-hydrogen) atoms. The quantitative estimate of drug-likeness (QED) is 0.314. The Morgan fingerprint density at radius 2 is 1.80 bits per heavy atom. The summed E-state index contributed by atoms with van der Waals surface area (Å²) in [5.74, 6) is 0.494. The van der Waals surface area contributed by atoms with Gasteiger partial charge < -0.3 is 20.5 Å². The smallest absolute Gasteiger partial charge is 0.155 e. The van der Waals surface area contributed by atoms with Crippen LogP contribution in [0.5, 0.6) is 0 Å². The van der Waals surface area contributed by atoms with Crippen molar-refractivity contribution in [1.29, 1.82) is 0 Å². The van der Waals surface area contributed by atoms with Crippen LogP contribution in [-0.4, -0.2) is 49.8 Å². The summed E-state index contributed by atoms with van der Waals surface area (Å²) in [5.41, 5.74) is -1.70. The minimum atomic E-state index is -1.10. The maximum atomic E-state index is 12.2. The molecule has 5 rings (SSSR count). The van der Waals surface area contributed by atoms with Crippen molar-refractivity contribution in [3.8, 4) is 0 Å². The second-order valence-corrected chi connectivity index (χ2v) is 11.1. The number of ketones is 1. The molecule has 0 bridgehead atoms. The molecule has 8 atom stereocenters. The van der Waals surface area contributed by atoms with E-state index in [0.29, 0.717) is 44.9 Å². The SMILES string of the molecule is CC12CC[C@H]3[C@@H](CCC4(O)CC(O)CCC34/C=N/O)C1(O)CCC2C1=CC(=O)CC1. The van der Waals surface area contributed by atoms with Gasteiger partial charge in [-0.25, -0.2) is 0 Å². The first-order chi connectivity index (χ1) is 14.2. The van der Waals surface area contributed by atoms with Crippen molar-refractivity contribution in [3.63, 3.8) is 0 Å². The number of nitrogens with zero attached hydrogens (tertiary/aromatic N) is 1. The summed E-state index contributed by atoms with van der Waals surface area (Å²) in [6.45, 7) is 2.21. The standard InChI is InChI=1S/C24H35NO5/c1-21-8-5-19-20(24(21,29)11-7-18(21)15-2-3-16(26)12-15)6-10-23(28)13-17(27)4-9-22(19,23)14-25-30/h12,14,17-20,27-30H,2-11,13H2,1H3/b25-14+/t17?,18?,19-,20+,21?,22?,23?,24?/m0/s1. The Kier molecular flexibility index (Phi) is 4.56. The Hall–Kier alpha value is -1.24. The molecule has 0 heterocycles. The average Bonchev–Trinajstić information content (AvgIpc) is 3.23. The van der Waals surface area contributed by atoms with Gasteiger partial charge in [0.15, 0.2) is 5.78 Å². The number of hydrogen-bond donors (Lipinski definition) is 4. The van der Waals surface area contributed by atoms with E-state index in [1.807, 2.05) is 6.08 Å². The van der Waals surface area contributed by atoms with E-state index in [1.165, 1.54) is 11.8 Å². The third-order valence-corrected chi connectivity index (χ3v) is 10.2. The Labute approximate surface area is 178 Å². The van der Waals surface area contributed by atoms with E-state index in [1.54, 1.807) is 0 Å². The minimum Gasteiger partial charge on any atom is -0.411 e. The van der Waals surface area contributed by atoms with Crippen molar-refractivity contribution in [2.24, 2.45) is 33.7 Å². The zero-order valence-electron chi connectivity index (χ0n) is 17.9. The summed E-state index contributed by atoms with van der Waals surface area (Å²) in [5, 5.41) is 47.1. The topological polar surface area (TPSA) is 110 Å². The lowest BCUT2D eigenvalue weighted by atomic mass is 9.41. The van der Waals surface area contributed by atoms with E-state index in [2.05, 4.69) is 12.1 Å². The van der Waals surface area contributed by atoms with E-state index in [0.717, 1.165) is 25.7 Å². The fourth-order valence-corrected chi connectivity index (χ4v) is 8.77. The number of carbonyl (C=O) groups excluding carboxylic acids is 1. The summed E-state index contributed by atoms with van der Waals surface area (Å²) in [6, 6.07) is 0. The first-order valence-corrected chi connectivity index (χ1v) is 11.7. The van der Waals surface area contributed by atoms with Gasteiger partial charge in [0.1, 0.15) is 0 Å². The molecule has 4 saturated carbocycles. The lowest BCUT2D eigenvalue weighted by Crippen LogP contribution is -2.68. The van der Waals surface area contributed by atoms with Gasteiger partial charge in [-0.3, -0.25) is 4.79 Å². The zero-order chi connectivity index (χ0) is 21.4. The Morgan fingerprint density at radius 1 is 1.03 bits per heavy atom. The second-order valence-electron chi connectivity index (χ2n) is 11.1. The highest BCUT2D eigenvalue weighted by atomic mass is 16.4. The van der Waals surface area contributed by atoms with Crippen LogP contribution in [0.3, 0.4) is 0 Å². The Bertz CT molecular complexity index is 809. The molecule has 4 N–H and O–H groups in total. The molecule has 6 heteroatoms. The molecule has 0 radical (unpaired) electrons. The highest BCUT2D eigenvalue weighted by molar-refractivity contribution is 5.93. The molecule has 0 amide bonds. The third-order valence-electron chi connectivity index (χ3n) is 10.2. The van der Waals surface area contributed by atoms with Gasteiger partial charge in [-0.1, -0.05) is 12.5 Å². The molecule has 0 aromatic rings. The molecule has 4 fully saturated rings. The minimum absolute atomic E-state index is 0.0208. The predicted molar refractivity (Wildman–Crippen MR) is 111 cm³/mol. The largest absolute Gasteiger partial charge is 0.411 e. The van der Waals surface area contributed by atoms with Gasteiger partial charge in [0.2, 0.25) is 0 Å². The fraction of sp³-hybridized carbons (Fsp3) is 0.833. The summed E-state index contributed by atoms with van der Waals surface area (Å²) < 4.78 is 0. The fourth-order valence-electron chi connectivity index (χ4n) is 8.77. The van der Waals surface area contributed by atoms with Gasteiger partial charge in [-0.15, -0.1) is 5.16 Å². The van der Waals surface area contributed by atoms with Crippen LogP contribution in [0.15, 0.2) is 16.8 Å². The monoisotopic (exact) mass is 417 g/mol. The lowest BCUT2D eigenvalue weighted by molar-refractivity contribution is -0.237. The van der Waals surface area contributed by atoms with Crippen LogP contribution < -0.4 is 0 Å². The van der Waals surface area contributed by atoms with Crippen LogP contribution in [0.25, 0.3) is 0 Å². The normalized spacial score (nSPS) is 53.3. The summed E-state index contributed by atoms with van der Waals surface area (Å²) in [6.07, 6.45) is 10.2. The van der Waals surface area contributed by atoms with Crippen LogP contribution in [0, 0.1) is 28.6 Å². The number of oxime groups is 1. The van der Waals surface area contributed by atoms with Gasteiger partial charge >= 0.3 is 0 Å². The molecule has 6 nitrogen and oxygen atoms in total. The average molecular weight is 418 g/mol. The molecule has 5 aliphatic carbocycles. The van der Waals surface area contributed by atoms with Crippen LogP contribution in [0.2, 0.25) is 0 Å². The number of allylic oxidation sites excluding steroid dienone is 2. The predicted octanol–water partition coefficient (Wildman–Crippen LogP) is 2.97. The molecule has 166 valence electrons. The summed E-state index contributed by atoms with van der Waals surface area (Å²) in [4.78, 5) is 11.9. The maximum absolute atomic E-state index is 12.2. The van der Waals surface area contributed by atoms with Crippen molar-refractivity contribution < 1.29 is 25.3 Å². The van der Waals surface area contributed by atoms with Crippen LogP contribution in [-0.2, 0) is 4.79 Å². The van der Waals surface area contributed by atoms with Gasteiger partial charge in [0, 0.05) is 23.7 Å². The molecular formula is C24H35NO5. The number of aliphatic hydroxyl groups is 3. The van der Waals surface area contributed by atoms with Crippen molar-refractivity contribution in [3.05, 3.63) is 11.6 Å². The third kappa shape index (κ3) is 2.47. The van der Waals surface area contributed by atoms with Crippen molar-refractivity contribution >= 4 is 12.0 Å². The molecule has 0 aliphatic heterocycles. The van der Waals surface area contributed by atoms with Crippen LogP contribution >= 0.6 is 0 Å². The van der Waals surface area contributed by atoms with Gasteiger partial charge in [-0.05, 0) is 81.6 Å². The summed E-state index contributed by atoms with van der Waals surface area (Å²) >= 11 is 0. The maximum Gasteiger partial charge on any atom is 0.155 e. The van der Waals surface area contributed by atoms with E-state index < -0.39 is 22.7 Å². The lowest BCUT2D eigenvalue weighted by Gasteiger charge is -2.65. The summed E-state index contributed by atoms with van der Waals surface area (Å²) in [7, 11) is 0. The molecule has 0 aromatic carbocycles. The van der Waals surface area contributed by atoms with E-state index >= 15 is 0 Å². The molecule has 5 aliphatic rings. The Morgan fingerprint density at radius 3 is 2.50 bits per heavy atom. The van der Waals surface area contributed by atoms with Crippen molar-refractivity contribution in [2.75, 3.05) is 0 Å². The van der Waals surface area contributed by atoms with E-state index in [9.17, 15) is 25.3 Å².